The Morgan fingerprint density at radius 2 is 1.95 bits per heavy atom. The number of nitrogen functional groups attached to an aromatic ring is 1. The Morgan fingerprint density at radius 3 is 2.75 bits per heavy atom. The smallest absolute Gasteiger partial charge is 0.143 e. The Labute approximate surface area is 122 Å². The zero-order valence-corrected chi connectivity index (χ0v) is 11.6. The normalized spacial score (nSPS) is 14.8. The van der Waals surface area contributed by atoms with Crippen molar-refractivity contribution >= 4 is 28.3 Å². The van der Waals surface area contributed by atoms with E-state index >= 15 is 0 Å². The monoisotopic (exact) mass is 283 g/mol. The summed E-state index contributed by atoms with van der Waals surface area (Å²) in [6, 6.07) is 14.3. The fraction of sp³-hybridized carbons (Fsp3) is 0.188. The Hall–Kier alpha value is -2.00. The zero-order valence-electron chi connectivity index (χ0n) is 10.9. The molecular weight excluding hydrogens is 270 g/mol. The molecule has 0 bridgehead atoms. The van der Waals surface area contributed by atoms with Crippen LogP contribution in [0.15, 0.2) is 42.5 Å². The van der Waals surface area contributed by atoms with Gasteiger partial charge in [0, 0.05) is 22.3 Å². The first-order valence-electron chi connectivity index (χ1n) is 6.76. The first-order chi connectivity index (χ1) is 9.74. The molecule has 0 aliphatic heterocycles. The quantitative estimate of drug-likeness (QED) is 0.714. The highest BCUT2D eigenvalue weighted by Crippen LogP contribution is 2.42. The largest absolute Gasteiger partial charge is 0.398 e. The minimum atomic E-state index is 0.538. The highest BCUT2D eigenvalue weighted by atomic mass is 35.5. The summed E-state index contributed by atoms with van der Waals surface area (Å²) < 4.78 is 2.30. The fourth-order valence-corrected chi connectivity index (χ4v) is 2.83. The van der Waals surface area contributed by atoms with Crippen LogP contribution in [0.25, 0.3) is 22.4 Å². The molecule has 2 N–H and O–H groups in total. The van der Waals surface area contributed by atoms with Crippen molar-refractivity contribution < 1.29 is 0 Å². The average Bonchev–Trinajstić information content (AvgIpc) is 3.21. The molecular formula is C16H14ClN3. The molecule has 1 saturated carbocycles. The number of aromatic nitrogens is 2. The van der Waals surface area contributed by atoms with Crippen LogP contribution in [-0.4, -0.2) is 9.55 Å². The summed E-state index contributed by atoms with van der Waals surface area (Å²) in [4.78, 5) is 4.77. The summed E-state index contributed by atoms with van der Waals surface area (Å²) in [7, 11) is 0. The first-order valence-corrected chi connectivity index (χ1v) is 7.14. The summed E-state index contributed by atoms with van der Waals surface area (Å²) >= 11 is 6.12. The number of rotatable bonds is 2. The maximum Gasteiger partial charge on any atom is 0.143 e. The Kier molecular flexibility index (Phi) is 2.51. The number of halogens is 1. The third-order valence-corrected chi connectivity index (χ3v) is 4.00. The molecule has 2 aromatic carbocycles. The summed E-state index contributed by atoms with van der Waals surface area (Å²) in [5, 5.41) is 0.684. The molecule has 1 aliphatic carbocycles. The predicted molar refractivity (Wildman–Crippen MR) is 82.9 cm³/mol. The maximum absolute atomic E-state index is 6.12. The second kappa shape index (κ2) is 4.25. The average molecular weight is 284 g/mol. The van der Waals surface area contributed by atoms with Crippen LogP contribution in [0.1, 0.15) is 18.9 Å². The third-order valence-electron chi connectivity index (χ3n) is 3.76. The molecule has 0 saturated heterocycles. The second-order valence-electron chi connectivity index (χ2n) is 5.26. The van der Waals surface area contributed by atoms with Gasteiger partial charge in [0.2, 0.25) is 0 Å². The molecule has 0 unspecified atom stereocenters. The van der Waals surface area contributed by atoms with Crippen molar-refractivity contribution in [2.24, 2.45) is 0 Å². The van der Waals surface area contributed by atoms with Crippen LogP contribution in [0, 0.1) is 0 Å². The van der Waals surface area contributed by atoms with E-state index in [1.165, 1.54) is 18.4 Å². The minimum Gasteiger partial charge on any atom is -0.398 e. The molecule has 1 aliphatic rings. The zero-order chi connectivity index (χ0) is 13.7. The molecule has 4 heteroatoms. The molecule has 0 radical (unpaired) electrons. The molecule has 100 valence electrons. The van der Waals surface area contributed by atoms with Crippen LogP contribution >= 0.6 is 11.6 Å². The van der Waals surface area contributed by atoms with E-state index in [1.54, 1.807) is 0 Å². The van der Waals surface area contributed by atoms with E-state index < -0.39 is 0 Å². The van der Waals surface area contributed by atoms with Gasteiger partial charge in [-0.15, -0.1) is 0 Å². The SMILES string of the molecule is Nc1ccc(Cl)cc1-c1nc2ccccc2n1C1CC1. The van der Waals surface area contributed by atoms with Crippen LogP contribution in [-0.2, 0) is 0 Å². The Balaban J connectivity index is 2.03. The van der Waals surface area contributed by atoms with Gasteiger partial charge in [0.15, 0.2) is 0 Å². The summed E-state index contributed by atoms with van der Waals surface area (Å²) in [5.74, 6) is 0.925. The fourth-order valence-electron chi connectivity index (χ4n) is 2.66. The van der Waals surface area contributed by atoms with E-state index in [2.05, 4.69) is 10.6 Å². The number of para-hydroxylation sites is 2. The van der Waals surface area contributed by atoms with Crippen LogP contribution < -0.4 is 5.73 Å². The molecule has 0 spiro atoms. The first kappa shape index (κ1) is 11.8. The maximum atomic E-state index is 6.12. The number of hydrogen-bond acceptors (Lipinski definition) is 2. The van der Waals surface area contributed by atoms with Crippen molar-refractivity contribution in [2.75, 3.05) is 5.73 Å². The molecule has 1 fully saturated rings. The minimum absolute atomic E-state index is 0.538. The number of nitrogens with zero attached hydrogens (tertiary/aromatic N) is 2. The third kappa shape index (κ3) is 1.78. The molecule has 20 heavy (non-hydrogen) atoms. The van der Waals surface area contributed by atoms with Crippen molar-refractivity contribution in [3.05, 3.63) is 47.5 Å². The van der Waals surface area contributed by atoms with Gasteiger partial charge < -0.3 is 10.3 Å². The molecule has 3 nitrogen and oxygen atoms in total. The van der Waals surface area contributed by atoms with Crippen LogP contribution in [0.3, 0.4) is 0 Å². The van der Waals surface area contributed by atoms with Gasteiger partial charge in [-0.05, 0) is 43.2 Å². The molecule has 1 heterocycles. The van der Waals surface area contributed by atoms with E-state index in [0.29, 0.717) is 16.8 Å². The van der Waals surface area contributed by atoms with Crippen LogP contribution in [0.4, 0.5) is 5.69 Å². The van der Waals surface area contributed by atoms with Crippen molar-refractivity contribution in [1.29, 1.82) is 0 Å². The number of benzene rings is 2. The number of hydrogen-bond donors (Lipinski definition) is 1. The van der Waals surface area contributed by atoms with Crippen LogP contribution in [0.5, 0.6) is 0 Å². The van der Waals surface area contributed by atoms with E-state index in [1.807, 2.05) is 36.4 Å². The van der Waals surface area contributed by atoms with Crippen LogP contribution in [0.2, 0.25) is 5.02 Å². The van der Waals surface area contributed by atoms with Crippen molar-refractivity contribution in [1.82, 2.24) is 9.55 Å². The lowest BCUT2D eigenvalue weighted by Crippen LogP contribution is -2.00. The van der Waals surface area contributed by atoms with Gasteiger partial charge in [-0.1, -0.05) is 23.7 Å². The number of imidazole rings is 1. The Morgan fingerprint density at radius 1 is 1.15 bits per heavy atom. The highest BCUT2D eigenvalue weighted by Gasteiger charge is 2.29. The lowest BCUT2D eigenvalue weighted by atomic mass is 10.1. The summed E-state index contributed by atoms with van der Waals surface area (Å²) in [6.45, 7) is 0. The van der Waals surface area contributed by atoms with Gasteiger partial charge in [0.1, 0.15) is 5.82 Å². The predicted octanol–water partition coefficient (Wildman–Crippen LogP) is 4.27. The van der Waals surface area contributed by atoms with E-state index in [4.69, 9.17) is 22.3 Å². The molecule has 4 rings (SSSR count). The Bertz CT molecular complexity index is 803. The summed E-state index contributed by atoms with van der Waals surface area (Å²) in [6.07, 6.45) is 2.40. The van der Waals surface area contributed by atoms with Crippen molar-refractivity contribution in [3.8, 4) is 11.4 Å². The number of nitrogens with two attached hydrogens (primary N) is 1. The van der Waals surface area contributed by atoms with Crippen molar-refractivity contribution in [2.45, 2.75) is 18.9 Å². The lowest BCUT2D eigenvalue weighted by molar-refractivity contribution is 0.775. The number of anilines is 1. The van der Waals surface area contributed by atoms with Gasteiger partial charge in [-0.25, -0.2) is 4.98 Å². The topological polar surface area (TPSA) is 43.8 Å². The van der Waals surface area contributed by atoms with Gasteiger partial charge in [-0.2, -0.15) is 0 Å². The van der Waals surface area contributed by atoms with Gasteiger partial charge in [0.05, 0.1) is 11.0 Å². The molecule has 1 aromatic heterocycles. The standard InChI is InChI=1S/C16H14ClN3/c17-10-5-8-13(18)12(9-10)16-19-14-3-1-2-4-15(14)20(16)11-6-7-11/h1-5,8-9,11H,6-7,18H2. The van der Waals surface area contributed by atoms with Gasteiger partial charge >= 0.3 is 0 Å². The van der Waals surface area contributed by atoms with E-state index in [9.17, 15) is 0 Å². The second-order valence-corrected chi connectivity index (χ2v) is 5.69. The molecule has 0 atom stereocenters. The van der Waals surface area contributed by atoms with Crippen molar-refractivity contribution in [3.63, 3.8) is 0 Å². The highest BCUT2D eigenvalue weighted by molar-refractivity contribution is 6.31. The number of fused-ring (bicyclic) bond motifs is 1. The van der Waals surface area contributed by atoms with Gasteiger partial charge in [0.25, 0.3) is 0 Å². The van der Waals surface area contributed by atoms with E-state index in [0.717, 1.165) is 16.9 Å². The molecule has 3 aromatic rings. The molecule has 0 amide bonds. The lowest BCUT2D eigenvalue weighted by Gasteiger charge is -2.10. The van der Waals surface area contributed by atoms with Gasteiger partial charge in [-0.3, -0.25) is 0 Å². The van der Waals surface area contributed by atoms with E-state index in [-0.39, 0.29) is 0 Å². The summed E-state index contributed by atoms with van der Waals surface area (Å²) in [5.41, 5.74) is 9.93.